The number of anilines is 1. The summed E-state index contributed by atoms with van der Waals surface area (Å²) in [7, 11) is 0. The molecule has 3 heterocycles. The third-order valence-corrected chi connectivity index (χ3v) is 4.80. The molecule has 3 aromatic rings. The number of furan rings is 1. The number of nitrogens with zero attached hydrogens (tertiary/aromatic N) is 1. The maximum atomic E-state index is 12.3. The van der Waals surface area contributed by atoms with Crippen LogP contribution < -0.4 is 16.1 Å². The maximum Gasteiger partial charge on any atom is 0.319 e. The highest BCUT2D eigenvalue weighted by Gasteiger charge is 2.21. The smallest absolute Gasteiger partial charge is 0.319 e. The number of hydrogen-bond donors (Lipinski definition) is 2. The minimum absolute atomic E-state index is 0.128. The van der Waals surface area contributed by atoms with Crippen molar-refractivity contribution >= 4 is 22.7 Å². The van der Waals surface area contributed by atoms with Gasteiger partial charge in [0.1, 0.15) is 11.3 Å². The zero-order valence-electron chi connectivity index (χ0n) is 14.8. The van der Waals surface area contributed by atoms with Crippen molar-refractivity contribution in [3.63, 3.8) is 0 Å². The van der Waals surface area contributed by atoms with Gasteiger partial charge < -0.3 is 19.5 Å². The topological polar surface area (TPSA) is 87.7 Å². The lowest BCUT2D eigenvalue weighted by Gasteiger charge is -2.31. The fourth-order valence-electron chi connectivity index (χ4n) is 3.37. The van der Waals surface area contributed by atoms with Crippen molar-refractivity contribution in [2.75, 3.05) is 18.4 Å². The number of carbonyl (C=O) groups excluding carboxylic acids is 1. The summed E-state index contributed by atoms with van der Waals surface area (Å²) in [6, 6.07) is 10.1. The summed E-state index contributed by atoms with van der Waals surface area (Å²) in [5.74, 6) is 0.958. The van der Waals surface area contributed by atoms with Crippen molar-refractivity contribution in [1.29, 1.82) is 0 Å². The molecule has 0 spiro atoms. The van der Waals surface area contributed by atoms with E-state index in [0.717, 1.165) is 38.2 Å². The molecule has 0 bridgehead atoms. The van der Waals surface area contributed by atoms with E-state index in [2.05, 4.69) is 15.5 Å². The van der Waals surface area contributed by atoms with E-state index in [1.165, 1.54) is 12.3 Å². The quantitative estimate of drug-likeness (QED) is 0.739. The van der Waals surface area contributed by atoms with E-state index in [1.807, 2.05) is 12.1 Å². The Hall–Kier alpha value is -3.06. The van der Waals surface area contributed by atoms with Crippen LogP contribution in [0, 0.1) is 0 Å². The van der Waals surface area contributed by atoms with Crippen molar-refractivity contribution < 1.29 is 13.6 Å². The Balaban J connectivity index is 1.30. The molecule has 0 atom stereocenters. The van der Waals surface area contributed by atoms with Gasteiger partial charge in [0.15, 0.2) is 5.43 Å². The van der Waals surface area contributed by atoms with E-state index in [-0.39, 0.29) is 17.5 Å². The van der Waals surface area contributed by atoms with E-state index in [4.69, 9.17) is 8.83 Å². The number of amides is 2. The normalized spacial score (nSPS) is 15.7. The zero-order chi connectivity index (χ0) is 18.6. The molecule has 0 aliphatic carbocycles. The largest absolute Gasteiger partial charge is 0.468 e. The van der Waals surface area contributed by atoms with Gasteiger partial charge in [-0.15, -0.1) is 0 Å². The van der Waals surface area contributed by atoms with Crippen molar-refractivity contribution in [3.05, 3.63) is 64.9 Å². The van der Waals surface area contributed by atoms with Gasteiger partial charge in [0.2, 0.25) is 0 Å². The van der Waals surface area contributed by atoms with Gasteiger partial charge in [0.05, 0.1) is 24.5 Å². The van der Waals surface area contributed by atoms with Crippen LogP contribution >= 0.6 is 0 Å². The second-order valence-electron chi connectivity index (χ2n) is 6.72. The number of hydrogen-bond acceptors (Lipinski definition) is 5. The average Bonchev–Trinajstić information content (AvgIpc) is 3.17. The highest BCUT2D eigenvalue weighted by molar-refractivity contribution is 5.92. The molecule has 0 unspecified atom stereocenters. The number of likely N-dealkylation sites (tertiary alicyclic amines) is 1. The number of fused-ring (bicyclic) bond motifs is 1. The monoisotopic (exact) mass is 367 g/mol. The van der Waals surface area contributed by atoms with E-state index < -0.39 is 0 Å². The van der Waals surface area contributed by atoms with Gasteiger partial charge in [-0.25, -0.2) is 4.79 Å². The predicted octanol–water partition coefficient (Wildman–Crippen LogP) is 3.17. The standard InChI is InChI=1S/C20H21N3O4/c24-18-7-11-27-19-4-3-15(12-17(18)19)22-20(25)21-14-5-8-23(9-6-14)13-16-2-1-10-26-16/h1-4,7,10-12,14H,5-6,8-9,13H2,(H2,21,22,25). The van der Waals surface area contributed by atoms with Crippen LogP contribution in [0.5, 0.6) is 0 Å². The van der Waals surface area contributed by atoms with E-state index in [9.17, 15) is 9.59 Å². The second-order valence-corrected chi connectivity index (χ2v) is 6.72. The van der Waals surface area contributed by atoms with Gasteiger partial charge >= 0.3 is 6.03 Å². The van der Waals surface area contributed by atoms with Crippen LogP contribution in [0.2, 0.25) is 0 Å². The number of carbonyl (C=O) groups is 1. The Bertz CT molecular complexity index is 972. The first kappa shape index (κ1) is 17.4. The van der Waals surface area contributed by atoms with Gasteiger partial charge in [-0.2, -0.15) is 0 Å². The first-order valence-corrected chi connectivity index (χ1v) is 9.01. The summed E-state index contributed by atoms with van der Waals surface area (Å²) in [5.41, 5.74) is 0.926. The summed E-state index contributed by atoms with van der Waals surface area (Å²) in [5, 5.41) is 6.25. The molecule has 1 saturated heterocycles. The first-order valence-electron chi connectivity index (χ1n) is 9.01. The second kappa shape index (κ2) is 7.67. The van der Waals surface area contributed by atoms with Crippen molar-refractivity contribution in [2.45, 2.75) is 25.4 Å². The fourth-order valence-corrected chi connectivity index (χ4v) is 3.37. The molecule has 7 nitrogen and oxygen atoms in total. The molecule has 4 rings (SSSR count). The molecule has 0 saturated carbocycles. The SMILES string of the molecule is O=C(Nc1ccc2occc(=O)c2c1)NC1CCN(Cc2ccco2)CC1. The molecule has 1 aromatic carbocycles. The molecule has 1 fully saturated rings. The minimum atomic E-state index is -0.265. The summed E-state index contributed by atoms with van der Waals surface area (Å²) < 4.78 is 10.7. The first-order chi connectivity index (χ1) is 13.2. The van der Waals surface area contributed by atoms with Crippen molar-refractivity contribution in [1.82, 2.24) is 10.2 Å². The molecule has 0 radical (unpaired) electrons. The van der Waals surface area contributed by atoms with Crippen LogP contribution in [0.4, 0.5) is 10.5 Å². The van der Waals surface area contributed by atoms with Crippen molar-refractivity contribution in [3.8, 4) is 0 Å². The Morgan fingerprint density at radius 1 is 1.11 bits per heavy atom. The van der Waals surface area contributed by atoms with Gasteiger partial charge in [0.25, 0.3) is 0 Å². The summed E-state index contributed by atoms with van der Waals surface area (Å²) in [6.45, 7) is 2.61. The van der Waals surface area contributed by atoms with Gasteiger partial charge in [-0.3, -0.25) is 9.69 Å². The Kier molecular flexibility index (Phi) is 4.93. The molecular formula is C20H21N3O4. The Labute approximate surface area is 156 Å². The van der Waals surface area contributed by atoms with Gasteiger partial charge in [0, 0.05) is 30.9 Å². The molecule has 1 aliphatic heterocycles. The van der Waals surface area contributed by atoms with Gasteiger partial charge in [-0.05, 0) is 43.2 Å². The summed E-state index contributed by atoms with van der Waals surface area (Å²) in [6.07, 6.45) is 4.82. The molecule has 140 valence electrons. The molecule has 7 heteroatoms. The average molecular weight is 367 g/mol. The molecular weight excluding hydrogens is 346 g/mol. The van der Waals surface area contributed by atoms with Gasteiger partial charge in [-0.1, -0.05) is 0 Å². The molecule has 2 aromatic heterocycles. The maximum absolute atomic E-state index is 12.3. The number of urea groups is 1. The third-order valence-electron chi connectivity index (χ3n) is 4.80. The van der Waals surface area contributed by atoms with Crippen LogP contribution in [0.15, 0.2) is 62.6 Å². The van der Waals surface area contributed by atoms with E-state index >= 15 is 0 Å². The van der Waals surface area contributed by atoms with Crippen LogP contribution in [-0.2, 0) is 6.54 Å². The molecule has 2 N–H and O–H groups in total. The molecule has 1 aliphatic rings. The van der Waals surface area contributed by atoms with E-state index in [1.54, 1.807) is 24.5 Å². The Morgan fingerprint density at radius 2 is 1.96 bits per heavy atom. The number of piperidine rings is 1. The molecule has 27 heavy (non-hydrogen) atoms. The van der Waals surface area contributed by atoms with Crippen molar-refractivity contribution in [2.24, 2.45) is 0 Å². The fraction of sp³-hybridized carbons (Fsp3) is 0.300. The van der Waals surface area contributed by atoms with Crippen LogP contribution in [0.3, 0.4) is 0 Å². The van der Waals surface area contributed by atoms with Crippen LogP contribution in [-0.4, -0.2) is 30.1 Å². The lowest BCUT2D eigenvalue weighted by Crippen LogP contribution is -2.45. The third kappa shape index (κ3) is 4.20. The Morgan fingerprint density at radius 3 is 2.74 bits per heavy atom. The zero-order valence-corrected chi connectivity index (χ0v) is 14.8. The number of rotatable bonds is 4. The lowest BCUT2D eigenvalue weighted by molar-refractivity contribution is 0.179. The van der Waals surface area contributed by atoms with E-state index in [0.29, 0.717) is 16.7 Å². The summed E-state index contributed by atoms with van der Waals surface area (Å²) in [4.78, 5) is 26.5. The lowest BCUT2D eigenvalue weighted by atomic mass is 10.1. The highest BCUT2D eigenvalue weighted by Crippen LogP contribution is 2.17. The number of nitrogens with one attached hydrogen (secondary N) is 2. The predicted molar refractivity (Wildman–Crippen MR) is 102 cm³/mol. The minimum Gasteiger partial charge on any atom is -0.468 e. The summed E-state index contributed by atoms with van der Waals surface area (Å²) >= 11 is 0. The van der Waals surface area contributed by atoms with Crippen LogP contribution in [0.25, 0.3) is 11.0 Å². The number of benzene rings is 1. The highest BCUT2D eigenvalue weighted by atomic mass is 16.3. The molecule has 2 amide bonds. The van der Waals surface area contributed by atoms with Crippen LogP contribution in [0.1, 0.15) is 18.6 Å².